The van der Waals surface area contributed by atoms with Crippen LogP contribution in [0.5, 0.6) is 11.5 Å². The van der Waals surface area contributed by atoms with Crippen LogP contribution in [0.25, 0.3) is 0 Å². The molecule has 3 aromatic carbocycles. The number of benzene rings is 3. The van der Waals surface area contributed by atoms with E-state index >= 15 is 0 Å². The Kier molecular flexibility index (Phi) is 8.52. The van der Waals surface area contributed by atoms with Crippen molar-refractivity contribution in [3.63, 3.8) is 0 Å². The van der Waals surface area contributed by atoms with Crippen molar-refractivity contribution >= 4 is 8.25 Å². The lowest BCUT2D eigenvalue weighted by molar-refractivity contribution is 0.182. The van der Waals surface area contributed by atoms with Gasteiger partial charge in [0.1, 0.15) is 24.7 Å². The predicted molar refractivity (Wildman–Crippen MR) is 118 cm³/mol. The highest BCUT2D eigenvalue weighted by molar-refractivity contribution is 7.33. The predicted octanol–water partition coefficient (Wildman–Crippen LogP) is 6.18. The van der Waals surface area contributed by atoms with E-state index in [1.807, 2.05) is 92.7 Å². The average molecular weight is 426 g/mol. The highest BCUT2D eigenvalue weighted by Gasteiger charge is 2.08. The van der Waals surface area contributed by atoms with E-state index in [2.05, 4.69) is 0 Å². The fraction of sp³-hybridized carbons (Fsp3) is 0.250. The monoisotopic (exact) mass is 426 g/mol. The second-order valence-corrected chi connectivity index (χ2v) is 8.09. The van der Waals surface area contributed by atoms with Gasteiger partial charge in [-0.1, -0.05) is 60.7 Å². The quantitative estimate of drug-likeness (QED) is 0.343. The average Bonchev–Trinajstić information content (AvgIpc) is 2.76. The largest absolute Gasteiger partial charge is 0.489 e. The summed E-state index contributed by atoms with van der Waals surface area (Å²) < 4.78 is 34.4. The SMILES string of the molecule is CC(C)O[PH](=O)OCc1cc(OCc2ccccc2)cc(OCc2ccccc2)c1. The van der Waals surface area contributed by atoms with Crippen molar-refractivity contribution in [1.29, 1.82) is 0 Å². The summed E-state index contributed by atoms with van der Waals surface area (Å²) in [4.78, 5) is 0. The summed E-state index contributed by atoms with van der Waals surface area (Å²) in [5, 5.41) is 0. The van der Waals surface area contributed by atoms with Crippen LogP contribution in [-0.4, -0.2) is 6.10 Å². The van der Waals surface area contributed by atoms with Crippen LogP contribution in [0.1, 0.15) is 30.5 Å². The highest BCUT2D eigenvalue weighted by atomic mass is 31.1. The third-order valence-electron chi connectivity index (χ3n) is 4.13. The molecule has 3 rings (SSSR count). The van der Waals surface area contributed by atoms with Crippen molar-refractivity contribution in [2.45, 2.75) is 39.8 Å². The van der Waals surface area contributed by atoms with Gasteiger partial charge in [-0.05, 0) is 42.7 Å². The van der Waals surface area contributed by atoms with Crippen LogP contribution in [0.4, 0.5) is 0 Å². The molecule has 6 heteroatoms. The molecule has 0 N–H and O–H groups in total. The molecule has 1 unspecified atom stereocenters. The van der Waals surface area contributed by atoms with Crippen molar-refractivity contribution in [3.05, 3.63) is 95.6 Å². The number of hydrogen-bond donors (Lipinski definition) is 0. The smallest absolute Gasteiger partial charge is 0.319 e. The molecule has 0 bridgehead atoms. The van der Waals surface area contributed by atoms with Crippen molar-refractivity contribution in [3.8, 4) is 11.5 Å². The molecule has 0 heterocycles. The molecule has 0 aliphatic carbocycles. The molecule has 0 fully saturated rings. The molecule has 158 valence electrons. The third kappa shape index (κ3) is 7.68. The van der Waals surface area contributed by atoms with Crippen LogP contribution in [0.3, 0.4) is 0 Å². The van der Waals surface area contributed by atoms with Crippen LogP contribution >= 0.6 is 8.25 Å². The van der Waals surface area contributed by atoms with Crippen LogP contribution in [0.2, 0.25) is 0 Å². The first kappa shape index (κ1) is 22.1. The van der Waals surface area contributed by atoms with Gasteiger partial charge in [-0.25, -0.2) is 0 Å². The van der Waals surface area contributed by atoms with E-state index in [4.69, 9.17) is 18.5 Å². The normalized spacial score (nSPS) is 12.0. The van der Waals surface area contributed by atoms with E-state index < -0.39 is 8.25 Å². The molecule has 3 aromatic rings. The Labute approximate surface area is 178 Å². The number of ether oxygens (including phenoxy) is 2. The minimum Gasteiger partial charge on any atom is -0.489 e. The van der Waals surface area contributed by atoms with Gasteiger partial charge >= 0.3 is 8.25 Å². The molecule has 0 saturated carbocycles. The Morgan fingerprint density at radius 3 is 1.67 bits per heavy atom. The molecule has 0 aromatic heterocycles. The minimum absolute atomic E-state index is 0.148. The maximum Gasteiger partial charge on any atom is 0.319 e. The van der Waals surface area contributed by atoms with Crippen molar-refractivity contribution < 1.29 is 23.1 Å². The zero-order chi connectivity index (χ0) is 21.2. The summed E-state index contributed by atoms with van der Waals surface area (Å²) in [5.41, 5.74) is 2.94. The zero-order valence-electron chi connectivity index (χ0n) is 17.2. The van der Waals surface area contributed by atoms with Crippen LogP contribution < -0.4 is 9.47 Å². The fourth-order valence-electron chi connectivity index (χ4n) is 2.73. The first-order chi connectivity index (χ1) is 14.6. The van der Waals surface area contributed by atoms with Gasteiger partial charge in [0.05, 0.1) is 12.7 Å². The van der Waals surface area contributed by atoms with E-state index in [0.717, 1.165) is 16.7 Å². The van der Waals surface area contributed by atoms with Crippen molar-refractivity contribution in [2.75, 3.05) is 0 Å². The Balaban J connectivity index is 1.70. The molecule has 1 atom stereocenters. The summed E-state index contributed by atoms with van der Waals surface area (Å²) in [5.74, 6) is 1.32. The van der Waals surface area contributed by atoms with Gasteiger partial charge in [0, 0.05) is 6.07 Å². The second kappa shape index (κ2) is 11.6. The van der Waals surface area contributed by atoms with Gasteiger partial charge in [-0.3, -0.25) is 4.57 Å². The number of hydrogen-bond acceptors (Lipinski definition) is 5. The Bertz CT molecular complexity index is 867. The third-order valence-corrected chi connectivity index (χ3v) is 5.17. The summed E-state index contributed by atoms with van der Waals surface area (Å²) in [6.45, 7) is 4.67. The lowest BCUT2D eigenvalue weighted by Gasteiger charge is -2.13. The Hall–Kier alpha value is -2.59. The van der Waals surface area contributed by atoms with E-state index in [1.54, 1.807) is 0 Å². The lowest BCUT2D eigenvalue weighted by atomic mass is 10.2. The number of rotatable bonds is 11. The van der Waals surface area contributed by atoms with E-state index in [0.29, 0.717) is 24.7 Å². The molecule has 30 heavy (non-hydrogen) atoms. The van der Waals surface area contributed by atoms with Gasteiger partial charge in [0.15, 0.2) is 0 Å². The van der Waals surface area contributed by atoms with Crippen LogP contribution in [0.15, 0.2) is 78.9 Å². The van der Waals surface area contributed by atoms with Crippen LogP contribution in [0, 0.1) is 0 Å². The summed E-state index contributed by atoms with van der Waals surface area (Å²) in [6.07, 6.45) is -0.151. The molecule has 0 spiro atoms. The van der Waals surface area contributed by atoms with Gasteiger partial charge < -0.3 is 18.5 Å². The second-order valence-electron chi connectivity index (χ2n) is 7.07. The minimum atomic E-state index is -2.55. The van der Waals surface area contributed by atoms with Crippen LogP contribution in [-0.2, 0) is 33.4 Å². The standard InChI is InChI=1S/C24H27O5P/c1-19(2)29-30(25)28-18-22-13-23(26-16-20-9-5-3-6-10-20)15-24(14-22)27-17-21-11-7-4-8-12-21/h3-15,19,30H,16-18H2,1-2H3. The van der Waals surface area contributed by atoms with Gasteiger partial charge in [-0.15, -0.1) is 0 Å². The molecule has 0 aliphatic heterocycles. The van der Waals surface area contributed by atoms with Gasteiger partial charge in [0.2, 0.25) is 0 Å². The molecular weight excluding hydrogens is 399 g/mol. The summed E-state index contributed by atoms with van der Waals surface area (Å²) in [6, 6.07) is 25.5. The van der Waals surface area contributed by atoms with Gasteiger partial charge in [0.25, 0.3) is 0 Å². The van der Waals surface area contributed by atoms with Gasteiger partial charge in [-0.2, -0.15) is 0 Å². The zero-order valence-corrected chi connectivity index (χ0v) is 18.2. The Morgan fingerprint density at radius 2 is 1.20 bits per heavy atom. The molecule has 0 saturated heterocycles. The topological polar surface area (TPSA) is 54.0 Å². The summed E-state index contributed by atoms with van der Waals surface area (Å²) in [7, 11) is -2.55. The Morgan fingerprint density at radius 1 is 0.700 bits per heavy atom. The van der Waals surface area contributed by atoms with Crippen molar-refractivity contribution in [1.82, 2.24) is 0 Å². The van der Waals surface area contributed by atoms with Crippen molar-refractivity contribution in [2.24, 2.45) is 0 Å². The summed E-state index contributed by atoms with van der Waals surface area (Å²) >= 11 is 0. The lowest BCUT2D eigenvalue weighted by Crippen LogP contribution is -2.00. The fourth-order valence-corrected chi connectivity index (χ4v) is 3.47. The van der Waals surface area contributed by atoms with E-state index in [9.17, 15) is 4.57 Å². The molecule has 5 nitrogen and oxygen atoms in total. The maximum atomic E-state index is 11.9. The highest BCUT2D eigenvalue weighted by Crippen LogP contribution is 2.30. The maximum absolute atomic E-state index is 11.9. The first-order valence-electron chi connectivity index (χ1n) is 9.89. The molecule has 0 radical (unpaired) electrons. The molecule has 0 aliphatic rings. The first-order valence-corrected chi connectivity index (χ1v) is 11.1. The molecule has 0 amide bonds. The molecular formula is C24H27O5P. The van der Waals surface area contributed by atoms with E-state index in [1.165, 1.54) is 0 Å². The van der Waals surface area contributed by atoms with E-state index in [-0.39, 0.29) is 12.7 Å².